The standard InChI is InChI=1S/C21H21N5O2S/c1-5-16-7-6-8-17(11-16)24-20-15(3)13-23-21(26-20)25-18-10-9-14(2)19(12-18)29(27,28)22-4/h1,6-13,22H,2-4H3,(H2,23,24,25,26). The number of nitrogens with one attached hydrogen (secondary N) is 3. The molecule has 0 aliphatic heterocycles. The molecule has 0 amide bonds. The van der Waals surface area contributed by atoms with Crippen molar-refractivity contribution in [3.63, 3.8) is 0 Å². The Labute approximate surface area is 170 Å². The normalized spacial score (nSPS) is 11.0. The Morgan fingerprint density at radius 3 is 2.48 bits per heavy atom. The second kappa shape index (κ2) is 8.31. The zero-order valence-electron chi connectivity index (χ0n) is 16.3. The highest BCUT2D eigenvalue weighted by Gasteiger charge is 2.15. The number of benzene rings is 2. The van der Waals surface area contributed by atoms with Gasteiger partial charge in [0, 0.05) is 28.7 Å². The van der Waals surface area contributed by atoms with Crippen LogP contribution in [0.25, 0.3) is 0 Å². The number of sulfonamides is 1. The Morgan fingerprint density at radius 2 is 1.76 bits per heavy atom. The molecule has 0 bridgehead atoms. The fourth-order valence-electron chi connectivity index (χ4n) is 2.66. The molecule has 3 N–H and O–H groups in total. The predicted octanol–water partition coefficient (Wildman–Crippen LogP) is 3.47. The molecule has 0 saturated heterocycles. The predicted molar refractivity (Wildman–Crippen MR) is 115 cm³/mol. The molecule has 0 atom stereocenters. The van der Waals surface area contributed by atoms with Crippen LogP contribution in [0.2, 0.25) is 0 Å². The van der Waals surface area contributed by atoms with Gasteiger partial charge in [0.2, 0.25) is 16.0 Å². The molecule has 0 fully saturated rings. The summed E-state index contributed by atoms with van der Waals surface area (Å²) in [6, 6.07) is 12.5. The maximum absolute atomic E-state index is 12.2. The minimum atomic E-state index is -3.57. The summed E-state index contributed by atoms with van der Waals surface area (Å²) in [5, 5.41) is 6.29. The van der Waals surface area contributed by atoms with Crippen molar-refractivity contribution in [2.24, 2.45) is 0 Å². The van der Waals surface area contributed by atoms with Crippen LogP contribution in [0.5, 0.6) is 0 Å². The van der Waals surface area contributed by atoms with Crippen LogP contribution in [0.4, 0.5) is 23.1 Å². The van der Waals surface area contributed by atoms with E-state index in [-0.39, 0.29) is 4.90 Å². The smallest absolute Gasteiger partial charge is 0.240 e. The van der Waals surface area contributed by atoms with Gasteiger partial charge in [0.25, 0.3) is 0 Å². The fourth-order valence-corrected chi connectivity index (χ4v) is 3.65. The topological polar surface area (TPSA) is 96.0 Å². The lowest BCUT2D eigenvalue weighted by Gasteiger charge is -2.13. The highest BCUT2D eigenvalue weighted by Crippen LogP contribution is 2.24. The van der Waals surface area contributed by atoms with Crippen LogP contribution in [-0.4, -0.2) is 25.4 Å². The molecule has 2 aromatic carbocycles. The molecule has 0 aliphatic rings. The number of rotatable bonds is 6. The molecule has 7 nitrogen and oxygen atoms in total. The van der Waals surface area contributed by atoms with Gasteiger partial charge < -0.3 is 10.6 Å². The first kappa shape index (κ1) is 20.3. The van der Waals surface area contributed by atoms with E-state index < -0.39 is 10.0 Å². The molecule has 0 aliphatic carbocycles. The average molecular weight is 407 g/mol. The fraction of sp³-hybridized carbons (Fsp3) is 0.143. The SMILES string of the molecule is C#Cc1cccc(Nc2nc(Nc3ccc(C)c(S(=O)(=O)NC)c3)ncc2C)c1. The largest absolute Gasteiger partial charge is 0.340 e. The van der Waals surface area contributed by atoms with Gasteiger partial charge in [-0.3, -0.25) is 0 Å². The minimum Gasteiger partial charge on any atom is -0.340 e. The molecule has 29 heavy (non-hydrogen) atoms. The van der Waals surface area contributed by atoms with Crippen molar-refractivity contribution >= 4 is 33.2 Å². The Kier molecular flexibility index (Phi) is 5.82. The van der Waals surface area contributed by atoms with E-state index in [2.05, 4.69) is 31.2 Å². The summed E-state index contributed by atoms with van der Waals surface area (Å²) in [6.07, 6.45) is 7.14. The summed E-state index contributed by atoms with van der Waals surface area (Å²) in [4.78, 5) is 8.98. The number of hydrogen-bond acceptors (Lipinski definition) is 6. The Morgan fingerprint density at radius 1 is 1.00 bits per heavy atom. The Balaban J connectivity index is 1.89. The van der Waals surface area contributed by atoms with Gasteiger partial charge in [0.15, 0.2) is 0 Å². The summed E-state index contributed by atoms with van der Waals surface area (Å²) in [5.74, 6) is 3.55. The van der Waals surface area contributed by atoms with Gasteiger partial charge in [-0.2, -0.15) is 4.98 Å². The molecule has 0 unspecified atom stereocenters. The molecule has 0 saturated carbocycles. The monoisotopic (exact) mass is 407 g/mol. The first-order chi connectivity index (χ1) is 13.8. The van der Waals surface area contributed by atoms with Gasteiger partial charge in [0.05, 0.1) is 4.90 Å². The zero-order valence-corrected chi connectivity index (χ0v) is 17.1. The lowest BCUT2D eigenvalue weighted by atomic mass is 10.2. The van der Waals surface area contributed by atoms with E-state index in [1.807, 2.05) is 31.2 Å². The summed E-state index contributed by atoms with van der Waals surface area (Å²) in [7, 11) is -2.19. The number of nitrogens with zero attached hydrogens (tertiary/aromatic N) is 2. The number of aryl methyl sites for hydroxylation is 2. The van der Waals surface area contributed by atoms with E-state index in [9.17, 15) is 8.42 Å². The van der Waals surface area contributed by atoms with Crippen molar-refractivity contribution < 1.29 is 8.42 Å². The second-order valence-electron chi connectivity index (χ2n) is 6.39. The molecule has 1 aromatic heterocycles. The third-order valence-corrected chi connectivity index (χ3v) is 5.82. The summed E-state index contributed by atoms with van der Waals surface area (Å²) in [6.45, 7) is 3.63. The molecular weight excluding hydrogens is 386 g/mol. The maximum atomic E-state index is 12.2. The quantitative estimate of drug-likeness (QED) is 0.542. The molecule has 8 heteroatoms. The van der Waals surface area contributed by atoms with E-state index in [1.165, 1.54) is 7.05 Å². The second-order valence-corrected chi connectivity index (χ2v) is 8.24. The van der Waals surface area contributed by atoms with Gasteiger partial charge in [0.1, 0.15) is 5.82 Å². The Bertz CT molecular complexity index is 1200. The minimum absolute atomic E-state index is 0.196. The first-order valence-electron chi connectivity index (χ1n) is 8.81. The van der Waals surface area contributed by atoms with E-state index in [4.69, 9.17) is 6.42 Å². The lowest BCUT2D eigenvalue weighted by molar-refractivity contribution is 0.587. The van der Waals surface area contributed by atoms with Crippen LogP contribution in [0.15, 0.2) is 53.6 Å². The van der Waals surface area contributed by atoms with Crippen LogP contribution in [-0.2, 0) is 10.0 Å². The van der Waals surface area contributed by atoms with Gasteiger partial charge in [-0.15, -0.1) is 6.42 Å². The summed E-state index contributed by atoms with van der Waals surface area (Å²) >= 11 is 0. The number of hydrogen-bond donors (Lipinski definition) is 3. The average Bonchev–Trinajstić information content (AvgIpc) is 2.72. The van der Waals surface area contributed by atoms with E-state index in [0.29, 0.717) is 23.0 Å². The lowest BCUT2D eigenvalue weighted by Crippen LogP contribution is -2.19. The third kappa shape index (κ3) is 4.71. The van der Waals surface area contributed by atoms with Gasteiger partial charge in [-0.25, -0.2) is 18.1 Å². The van der Waals surface area contributed by atoms with E-state index in [0.717, 1.165) is 16.8 Å². The third-order valence-electron chi connectivity index (χ3n) is 4.27. The van der Waals surface area contributed by atoms with Crippen LogP contribution in [0.3, 0.4) is 0 Å². The van der Waals surface area contributed by atoms with Gasteiger partial charge in [-0.1, -0.05) is 18.1 Å². The van der Waals surface area contributed by atoms with Crippen molar-refractivity contribution in [1.82, 2.24) is 14.7 Å². The Hall–Kier alpha value is -3.41. The molecule has 148 valence electrons. The van der Waals surface area contributed by atoms with E-state index >= 15 is 0 Å². The summed E-state index contributed by atoms with van der Waals surface area (Å²) in [5.41, 5.74) is 3.63. The molecule has 0 radical (unpaired) electrons. The molecule has 1 heterocycles. The summed E-state index contributed by atoms with van der Waals surface area (Å²) < 4.78 is 26.7. The van der Waals surface area contributed by atoms with Crippen LogP contribution in [0, 0.1) is 26.2 Å². The molecule has 3 aromatic rings. The van der Waals surface area contributed by atoms with Crippen LogP contribution >= 0.6 is 0 Å². The van der Waals surface area contributed by atoms with Crippen molar-refractivity contribution in [1.29, 1.82) is 0 Å². The molecular formula is C21H21N5O2S. The number of aromatic nitrogens is 2. The number of terminal acetylenes is 1. The van der Waals surface area contributed by atoms with Crippen LogP contribution < -0.4 is 15.4 Å². The first-order valence-corrected chi connectivity index (χ1v) is 10.3. The highest BCUT2D eigenvalue weighted by atomic mass is 32.2. The van der Waals surface area contributed by atoms with Crippen molar-refractivity contribution in [3.8, 4) is 12.3 Å². The van der Waals surface area contributed by atoms with Crippen LogP contribution in [0.1, 0.15) is 16.7 Å². The van der Waals surface area contributed by atoms with Crippen molar-refractivity contribution in [2.45, 2.75) is 18.7 Å². The van der Waals surface area contributed by atoms with Gasteiger partial charge in [-0.05, 0) is 56.8 Å². The molecule has 0 spiro atoms. The molecule has 3 rings (SSSR count). The maximum Gasteiger partial charge on any atom is 0.240 e. The zero-order chi connectivity index (χ0) is 21.0. The van der Waals surface area contributed by atoms with Crippen molar-refractivity contribution in [3.05, 3.63) is 65.4 Å². The van der Waals surface area contributed by atoms with Crippen molar-refractivity contribution in [2.75, 3.05) is 17.7 Å². The van der Waals surface area contributed by atoms with E-state index in [1.54, 1.807) is 31.3 Å². The highest BCUT2D eigenvalue weighted by molar-refractivity contribution is 7.89. The number of anilines is 4. The van der Waals surface area contributed by atoms with Gasteiger partial charge >= 0.3 is 0 Å².